The number of rotatable bonds is 1. The Morgan fingerprint density at radius 3 is 2.55 bits per heavy atom. The van der Waals surface area contributed by atoms with Crippen LogP contribution < -0.4 is 9.47 Å². The molecule has 1 N–H and O–H groups in total. The van der Waals surface area contributed by atoms with Crippen molar-refractivity contribution in [3.63, 3.8) is 0 Å². The lowest BCUT2D eigenvalue weighted by Crippen LogP contribution is -2.78. The van der Waals surface area contributed by atoms with Gasteiger partial charge in [-0.15, -0.1) is 0 Å². The quantitative estimate of drug-likeness (QED) is 0.784. The van der Waals surface area contributed by atoms with Crippen LogP contribution >= 0.6 is 0 Å². The number of carbonyl (C=O) groups excluding carboxylic acids is 1. The summed E-state index contributed by atoms with van der Waals surface area (Å²) in [4.78, 5) is 15.5. The second kappa shape index (κ2) is 5.55. The van der Waals surface area contributed by atoms with E-state index in [1.807, 2.05) is 26.8 Å². The molecular weight excluding hydrogens is 366 g/mol. The molecule has 0 radical (unpaired) electrons. The highest BCUT2D eigenvalue weighted by Gasteiger charge is 2.73. The first-order valence-corrected chi connectivity index (χ1v) is 10.9. The monoisotopic (exact) mass is 399 g/mol. The third-order valence-electron chi connectivity index (χ3n) is 7.52. The van der Waals surface area contributed by atoms with Gasteiger partial charge in [0.1, 0.15) is 5.60 Å². The molecule has 2 heterocycles. The van der Waals surface area contributed by atoms with Gasteiger partial charge in [0.05, 0.1) is 11.0 Å². The number of aliphatic hydroxyl groups is 1. The maximum absolute atomic E-state index is 13.0. The summed E-state index contributed by atoms with van der Waals surface area (Å²) in [7, 11) is 0. The molecule has 158 valence electrons. The van der Waals surface area contributed by atoms with Crippen molar-refractivity contribution in [3.05, 3.63) is 23.3 Å². The minimum Gasteiger partial charge on any atom is -0.484 e. The van der Waals surface area contributed by atoms with Gasteiger partial charge in [0.25, 0.3) is 0 Å². The highest BCUT2D eigenvalue weighted by atomic mass is 16.5. The Morgan fingerprint density at radius 1 is 1.17 bits per heavy atom. The number of ketones is 1. The van der Waals surface area contributed by atoms with Crippen LogP contribution in [0, 0.1) is 0 Å². The first kappa shape index (κ1) is 19.4. The number of carbonyl (C=O) groups is 1. The Bertz CT molecular complexity index is 895. The van der Waals surface area contributed by atoms with Crippen LogP contribution in [0.4, 0.5) is 0 Å². The Balaban J connectivity index is 1.74. The lowest BCUT2D eigenvalue weighted by atomic mass is 9.48. The number of likely N-dealkylation sites (tertiary alicyclic amines) is 1. The van der Waals surface area contributed by atoms with Crippen molar-refractivity contribution in [2.45, 2.75) is 102 Å². The molecule has 1 aromatic carbocycles. The largest absolute Gasteiger partial charge is 0.484 e. The van der Waals surface area contributed by atoms with E-state index < -0.39 is 17.1 Å². The number of ether oxygens (including phenoxy) is 2. The first-order valence-electron chi connectivity index (χ1n) is 10.9. The van der Waals surface area contributed by atoms with E-state index in [1.165, 1.54) is 5.56 Å². The van der Waals surface area contributed by atoms with Gasteiger partial charge in [0, 0.05) is 30.1 Å². The van der Waals surface area contributed by atoms with E-state index >= 15 is 0 Å². The molecule has 0 amide bonds. The molecule has 4 atom stereocenters. The van der Waals surface area contributed by atoms with Gasteiger partial charge in [-0.2, -0.15) is 0 Å². The van der Waals surface area contributed by atoms with Crippen molar-refractivity contribution in [1.82, 2.24) is 4.90 Å². The van der Waals surface area contributed by atoms with Crippen LogP contribution in [-0.2, 0) is 16.6 Å². The van der Waals surface area contributed by atoms with Crippen molar-refractivity contribution in [3.8, 4) is 11.5 Å². The molecule has 2 aliphatic carbocycles. The van der Waals surface area contributed by atoms with Gasteiger partial charge in [-0.1, -0.05) is 6.07 Å². The van der Waals surface area contributed by atoms with Crippen LogP contribution in [0.1, 0.15) is 71.9 Å². The van der Waals surface area contributed by atoms with E-state index in [-0.39, 0.29) is 23.0 Å². The van der Waals surface area contributed by atoms with Crippen molar-refractivity contribution in [2.75, 3.05) is 6.54 Å². The zero-order valence-corrected chi connectivity index (χ0v) is 18.5. The second-order valence-electron chi connectivity index (χ2n) is 11.3. The summed E-state index contributed by atoms with van der Waals surface area (Å²) in [5, 5.41) is 12.3. The highest BCUT2D eigenvalue weighted by molar-refractivity contribution is 5.90. The van der Waals surface area contributed by atoms with Crippen LogP contribution in [0.3, 0.4) is 0 Å². The van der Waals surface area contributed by atoms with Gasteiger partial charge in [-0.3, -0.25) is 9.69 Å². The fraction of sp³-hybridized carbons (Fsp3) is 0.708. The molecule has 1 saturated carbocycles. The number of piperidine rings is 1. The number of nitrogens with zero attached hydrogens (tertiary/aromatic N) is 1. The predicted molar refractivity (Wildman–Crippen MR) is 111 cm³/mol. The molecule has 1 saturated heterocycles. The number of hydrogen-bond acceptors (Lipinski definition) is 5. The Hall–Kier alpha value is -1.59. The third-order valence-corrected chi connectivity index (χ3v) is 7.52. The first-order chi connectivity index (χ1) is 13.4. The Kier molecular flexibility index (Phi) is 3.71. The predicted octanol–water partition coefficient (Wildman–Crippen LogP) is 3.39. The molecule has 2 fully saturated rings. The normalized spacial score (nSPS) is 35.9. The zero-order valence-electron chi connectivity index (χ0n) is 18.5. The van der Waals surface area contributed by atoms with Crippen molar-refractivity contribution < 1.29 is 19.4 Å². The molecule has 5 heteroatoms. The summed E-state index contributed by atoms with van der Waals surface area (Å²) in [6.07, 6.45) is 1.78. The summed E-state index contributed by atoms with van der Waals surface area (Å²) >= 11 is 0. The summed E-state index contributed by atoms with van der Waals surface area (Å²) in [5.74, 6) is 1.49. The zero-order chi connectivity index (χ0) is 21.0. The molecule has 1 spiro atoms. The SMILES string of the molecule is CC(C)(C)Oc1ccc2c3c1OC1C(=O)CC[C@@]4(O)C(C2)N(C(C)(C)C)CC[C@]314. The number of hydrogen-bond donors (Lipinski definition) is 1. The molecule has 5 rings (SSSR count). The van der Waals surface area contributed by atoms with E-state index in [0.717, 1.165) is 24.9 Å². The van der Waals surface area contributed by atoms with Gasteiger partial charge in [0.2, 0.25) is 0 Å². The van der Waals surface area contributed by atoms with Crippen LogP contribution in [0.15, 0.2) is 12.1 Å². The van der Waals surface area contributed by atoms with Crippen LogP contribution in [0.5, 0.6) is 11.5 Å². The van der Waals surface area contributed by atoms with E-state index in [2.05, 4.69) is 31.7 Å². The van der Waals surface area contributed by atoms with Gasteiger partial charge in [-0.05, 0) is 72.4 Å². The summed E-state index contributed by atoms with van der Waals surface area (Å²) in [6, 6.07) is 4.10. The minimum absolute atomic E-state index is 0.0108. The lowest BCUT2D eigenvalue weighted by molar-refractivity contribution is -0.199. The molecular formula is C24H33NO4. The van der Waals surface area contributed by atoms with E-state index in [9.17, 15) is 9.90 Å². The number of Topliss-reactive ketones (excluding diaryl/α,β-unsaturated/α-hetero) is 1. The summed E-state index contributed by atoms with van der Waals surface area (Å²) < 4.78 is 12.6. The van der Waals surface area contributed by atoms with Gasteiger partial charge in [-0.25, -0.2) is 0 Å². The maximum Gasteiger partial charge on any atom is 0.174 e. The Morgan fingerprint density at radius 2 is 1.90 bits per heavy atom. The Labute approximate surface area is 173 Å². The molecule has 0 aromatic heterocycles. The van der Waals surface area contributed by atoms with Crippen LogP contribution in [-0.4, -0.2) is 51.2 Å². The fourth-order valence-electron chi connectivity index (χ4n) is 6.53. The maximum atomic E-state index is 13.0. The van der Waals surface area contributed by atoms with Crippen molar-refractivity contribution >= 4 is 5.78 Å². The highest BCUT2D eigenvalue weighted by Crippen LogP contribution is 2.65. The summed E-state index contributed by atoms with van der Waals surface area (Å²) in [5.41, 5.74) is 0.206. The number of benzene rings is 1. The molecule has 2 bridgehead atoms. The van der Waals surface area contributed by atoms with E-state index in [1.54, 1.807) is 0 Å². The smallest absolute Gasteiger partial charge is 0.174 e. The van der Waals surface area contributed by atoms with Crippen molar-refractivity contribution in [2.24, 2.45) is 0 Å². The van der Waals surface area contributed by atoms with E-state index in [0.29, 0.717) is 24.3 Å². The molecule has 2 aliphatic heterocycles. The molecule has 1 aromatic rings. The minimum atomic E-state index is -0.963. The topological polar surface area (TPSA) is 59.0 Å². The fourth-order valence-corrected chi connectivity index (χ4v) is 6.53. The molecule has 4 aliphatic rings. The van der Waals surface area contributed by atoms with Crippen LogP contribution in [0.2, 0.25) is 0 Å². The van der Waals surface area contributed by atoms with Gasteiger partial charge in [0.15, 0.2) is 23.4 Å². The molecule has 29 heavy (non-hydrogen) atoms. The van der Waals surface area contributed by atoms with Crippen molar-refractivity contribution in [1.29, 1.82) is 0 Å². The molecule has 2 unspecified atom stereocenters. The summed E-state index contributed by atoms with van der Waals surface area (Å²) in [6.45, 7) is 13.5. The average Bonchev–Trinajstić information content (AvgIpc) is 2.92. The van der Waals surface area contributed by atoms with Gasteiger partial charge < -0.3 is 14.6 Å². The van der Waals surface area contributed by atoms with E-state index in [4.69, 9.17) is 9.47 Å². The standard InChI is InChI=1S/C24H33NO4/c1-21(2,3)25-12-11-23-18-14-7-8-16(29-22(4,5)6)19(18)28-20(23)15(26)9-10-24(23,27)17(25)13-14/h7-8,17,20,27H,9-13H2,1-6H3/t17?,20?,23-,24+/m0/s1. The lowest BCUT2D eigenvalue weighted by Gasteiger charge is -2.64. The second-order valence-corrected chi connectivity index (χ2v) is 11.3. The third kappa shape index (κ3) is 2.37. The van der Waals surface area contributed by atoms with Gasteiger partial charge >= 0.3 is 0 Å². The average molecular weight is 400 g/mol. The molecule has 5 nitrogen and oxygen atoms in total. The van der Waals surface area contributed by atoms with Crippen LogP contribution in [0.25, 0.3) is 0 Å².